The number of aromatic carboxylic acids is 1. The molecule has 0 bridgehead atoms. The molecule has 7 heteroatoms. The molecule has 0 unspecified atom stereocenters. The first-order valence-electron chi connectivity index (χ1n) is 6.75. The molecule has 0 spiro atoms. The van der Waals surface area contributed by atoms with Gasteiger partial charge in [0.2, 0.25) is 0 Å². The van der Waals surface area contributed by atoms with E-state index in [-0.39, 0.29) is 18.0 Å². The van der Waals surface area contributed by atoms with Crippen LogP contribution in [0.1, 0.15) is 16.1 Å². The van der Waals surface area contributed by atoms with Gasteiger partial charge in [-0.2, -0.15) is 0 Å². The molecule has 0 aliphatic carbocycles. The van der Waals surface area contributed by atoms with Gasteiger partial charge < -0.3 is 10.2 Å². The zero-order valence-electron chi connectivity index (χ0n) is 11.8. The average molecular weight is 313 g/mol. The highest BCUT2D eigenvalue weighted by molar-refractivity contribution is 5.88. The number of halogens is 1. The van der Waals surface area contributed by atoms with Crippen molar-refractivity contribution in [1.82, 2.24) is 15.0 Å². The van der Waals surface area contributed by atoms with Gasteiger partial charge in [-0.1, -0.05) is 11.3 Å². The second-order valence-electron chi connectivity index (χ2n) is 4.82. The van der Waals surface area contributed by atoms with Gasteiger partial charge in [0.25, 0.3) is 0 Å². The lowest BCUT2D eigenvalue weighted by molar-refractivity contribution is 0.0697. The molecule has 2 aromatic carbocycles. The first kappa shape index (κ1) is 14.9. The summed E-state index contributed by atoms with van der Waals surface area (Å²) in [5.41, 5.74) is 2.00. The smallest absolute Gasteiger partial charge is 0.335 e. The molecule has 3 aromatic rings. The minimum absolute atomic E-state index is 0.105. The van der Waals surface area contributed by atoms with Crippen molar-refractivity contribution in [3.63, 3.8) is 0 Å². The molecule has 3 rings (SSSR count). The normalized spacial score (nSPS) is 10.7. The molecule has 116 valence electrons. The molecule has 6 nitrogen and oxygen atoms in total. The quantitative estimate of drug-likeness (QED) is 0.771. The summed E-state index contributed by atoms with van der Waals surface area (Å²) in [6.07, 6.45) is 0. The number of nitrogens with zero attached hydrogens (tertiary/aromatic N) is 3. The maximum Gasteiger partial charge on any atom is 0.335 e. The number of carbonyl (C=O) groups is 1. The molecule has 0 aliphatic rings. The number of rotatable bonds is 4. The van der Waals surface area contributed by atoms with Crippen molar-refractivity contribution in [1.29, 1.82) is 0 Å². The van der Waals surface area contributed by atoms with Crippen LogP contribution in [0.3, 0.4) is 0 Å². The van der Waals surface area contributed by atoms with Crippen molar-refractivity contribution < 1.29 is 19.4 Å². The van der Waals surface area contributed by atoms with Crippen LogP contribution in [-0.2, 0) is 6.61 Å². The highest BCUT2D eigenvalue weighted by atomic mass is 19.1. The van der Waals surface area contributed by atoms with Crippen LogP contribution in [-0.4, -0.2) is 31.2 Å². The van der Waals surface area contributed by atoms with E-state index in [0.717, 1.165) is 0 Å². The molecule has 1 heterocycles. The number of aromatic nitrogens is 3. The summed E-state index contributed by atoms with van der Waals surface area (Å²) in [6.45, 7) is -0.342. The van der Waals surface area contributed by atoms with Crippen LogP contribution in [0.4, 0.5) is 4.39 Å². The minimum Gasteiger partial charge on any atom is -0.478 e. The molecule has 2 N–H and O–H groups in total. The maximum absolute atomic E-state index is 13.1. The van der Waals surface area contributed by atoms with Gasteiger partial charge in [-0.3, -0.25) is 0 Å². The Hall–Kier alpha value is -3.06. The number of aliphatic hydroxyl groups is 1. The summed E-state index contributed by atoms with van der Waals surface area (Å²) >= 11 is 0. The Morgan fingerprint density at radius 2 is 1.91 bits per heavy atom. The Morgan fingerprint density at radius 3 is 2.57 bits per heavy atom. The summed E-state index contributed by atoms with van der Waals surface area (Å²) in [5, 5.41) is 26.4. The van der Waals surface area contributed by atoms with Crippen LogP contribution >= 0.6 is 0 Å². The lowest BCUT2D eigenvalue weighted by Gasteiger charge is -2.08. The summed E-state index contributed by atoms with van der Waals surface area (Å²) in [4.78, 5) is 11.1. The first-order valence-corrected chi connectivity index (χ1v) is 6.75. The van der Waals surface area contributed by atoms with Crippen molar-refractivity contribution in [2.24, 2.45) is 0 Å². The third-order valence-corrected chi connectivity index (χ3v) is 3.35. The number of benzene rings is 2. The van der Waals surface area contributed by atoms with E-state index >= 15 is 0 Å². The minimum atomic E-state index is -1.06. The van der Waals surface area contributed by atoms with Crippen molar-refractivity contribution in [3.8, 4) is 16.9 Å². The fourth-order valence-electron chi connectivity index (χ4n) is 2.27. The van der Waals surface area contributed by atoms with Crippen molar-refractivity contribution in [2.75, 3.05) is 0 Å². The van der Waals surface area contributed by atoms with Crippen LogP contribution in [0.2, 0.25) is 0 Å². The van der Waals surface area contributed by atoms with Crippen LogP contribution in [0.5, 0.6) is 0 Å². The summed E-state index contributed by atoms with van der Waals surface area (Å²) in [5.74, 6) is -1.44. The Kier molecular flexibility index (Phi) is 3.86. The van der Waals surface area contributed by atoms with Crippen LogP contribution < -0.4 is 0 Å². The molecule has 23 heavy (non-hydrogen) atoms. The van der Waals surface area contributed by atoms with Gasteiger partial charge in [-0.15, -0.1) is 5.10 Å². The SMILES string of the molecule is O=C(O)c1cccc(-n2nnc(CO)c2-c2ccc(F)cc2)c1. The number of carboxylic acid groups (broad SMARTS) is 1. The number of carboxylic acids is 1. The fraction of sp³-hybridized carbons (Fsp3) is 0.0625. The third-order valence-electron chi connectivity index (χ3n) is 3.35. The van der Waals surface area contributed by atoms with Gasteiger partial charge in [-0.25, -0.2) is 13.9 Å². The molecule has 0 saturated carbocycles. The number of aliphatic hydroxyl groups excluding tert-OH is 1. The van der Waals surface area contributed by atoms with E-state index in [1.165, 1.54) is 28.9 Å². The second kappa shape index (κ2) is 5.98. The predicted molar refractivity (Wildman–Crippen MR) is 79.6 cm³/mol. The molecule has 0 atom stereocenters. The van der Waals surface area contributed by atoms with E-state index in [1.54, 1.807) is 24.3 Å². The lowest BCUT2D eigenvalue weighted by atomic mass is 10.1. The highest BCUT2D eigenvalue weighted by Gasteiger charge is 2.16. The molecule has 0 saturated heterocycles. The fourth-order valence-corrected chi connectivity index (χ4v) is 2.27. The van der Waals surface area contributed by atoms with E-state index in [9.17, 15) is 14.3 Å². The lowest BCUT2D eigenvalue weighted by Crippen LogP contribution is -2.03. The van der Waals surface area contributed by atoms with Gasteiger partial charge in [0, 0.05) is 5.56 Å². The Balaban J connectivity index is 2.17. The van der Waals surface area contributed by atoms with Gasteiger partial charge in [-0.05, 0) is 42.5 Å². The summed E-state index contributed by atoms with van der Waals surface area (Å²) in [7, 11) is 0. The molecule has 0 radical (unpaired) electrons. The summed E-state index contributed by atoms with van der Waals surface area (Å²) in [6, 6.07) is 11.9. The van der Waals surface area contributed by atoms with Gasteiger partial charge in [0.15, 0.2) is 0 Å². The maximum atomic E-state index is 13.1. The third kappa shape index (κ3) is 2.82. The van der Waals surface area contributed by atoms with E-state index < -0.39 is 5.97 Å². The summed E-state index contributed by atoms with van der Waals surface area (Å²) < 4.78 is 14.5. The number of hydrogen-bond acceptors (Lipinski definition) is 4. The van der Waals surface area contributed by atoms with Gasteiger partial charge >= 0.3 is 5.97 Å². The number of hydrogen-bond donors (Lipinski definition) is 2. The van der Waals surface area contributed by atoms with Crippen LogP contribution in [0, 0.1) is 5.82 Å². The Labute approximate surface area is 130 Å². The van der Waals surface area contributed by atoms with E-state index in [1.807, 2.05) is 0 Å². The molecule has 1 aromatic heterocycles. The largest absolute Gasteiger partial charge is 0.478 e. The topological polar surface area (TPSA) is 88.2 Å². The Morgan fingerprint density at radius 1 is 1.17 bits per heavy atom. The molecule has 0 amide bonds. The van der Waals surface area contributed by atoms with Crippen molar-refractivity contribution in [3.05, 3.63) is 65.6 Å². The van der Waals surface area contributed by atoms with Crippen molar-refractivity contribution in [2.45, 2.75) is 6.61 Å². The van der Waals surface area contributed by atoms with E-state index in [0.29, 0.717) is 22.6 Å². The second-order valence-corrected chi connectivity index (χ2v) is 4.82. The monoisotopic (exact) mass is 313 g/mol. The van der Waals surface area contributed by atoms with Crippen LogP contribution in [0.25, 0.3) is 16.9 Å². The van der Waals surface area contributed by atoms with E-state index in [2.05, 4.69) is 10.3 Å². The Bertz CT molecular complexity index is 859. The highest BCUT2D eigenvalue weighted by Crippen LogP contribution is 2.26. The van der Waals surface area contributed by atoms with E-state index in [4.69, 9.17) is 5.11 Å². The standard InChI is InChI=1S/C16H12FN3O3/c17-12-6-4-10(5-7-12)15-14(9-21)18-19-20(15)13-3-1-2-11(8-13)16(22)23/h1-8,21H,9H2,(H,22,23). The van der Waals surface area contributed by atoms with Gasteiger partial charge in [0.05, 0.1) is 17.9 Å². The molecular weight excluding hydrogens is 301 g/mol. The molecular formula is C16H12FN3O3. The molecule has 0 fully saturated rings. The van der Waals surface area contributed by atoms with Crippen LogP contribution in [0.15, 0.2) is 48.5 Å². The van der Waals surface area contributed by atoms with Crippen molar-refractivity contribution >= 4 is 5.97 Å². The predicted octanol–water partition coefficient (Wildman–Crippen LogP) is 2.26. The first-order chi connectivity index (χ1) is 11.1. The zero-order chi connectivity index (χ0) is 16.4. The van der Waals surface area contributed by atoms with Gasteiger partial charge in [0.1, 0.15) is 17.2 Å². The zero-order valence-corrected chi connectivity index (χ0v) is 11.8. The molecule has 0 aliphatic heterocycles. The average Bonchev–Trinajstić information content (AvgIpc) is 2.99.